The smallest absolute Gasteiger partial charge is 0.254 e. The molecule has 0 saturated carbocycles. The molecule has 1 heterocycles. The number of unbranched alkanes of at least 4 members (excludes halogenated alkanes) is 1. The lowest BCUT2D eigenvalue weighted by atomic mass is 10.1. The van der Waals surface area contributed by atoms with E-state index in [1.807, 2.05) is 0 Å². The Bertz CT molecular complexity index is 496. The first-order valence-electron chi connectivity index (χ1n) is 7.48. The van der Waals surface area contributed by atoms with Crippen molar-refractivity contribution in [3.8, 4) is 0 Å². The van der Waals surface area contributed by atoms with Crippen LogP contribution in [0.1, 0.15) is 40.5 Å². The van der Waals surface area contributed by atoms with Gasteiger partial charge in [0.1, 0.15) is 0 Å². The van der Waals surface area contributed by atoms with E-state index in [0.717, 1.165) is 12.8 Å². The Kier molecular flexibility index (Phi) is 5.75. The zero-order chi connectivity index (χ0) is 15.1. The normalized spacial score (nSPS) is 14.8. The largest absolute Gasteiger partial charge is 0.378 e. The van der Waals surface area contributed by atoms with E-state index in [4.69, 9.17) is 4.74 Å². The van der Waals surface area contributed by atoms with Gasteiger partial charge in [0.05, 0.1) is 24.3 Å². The lowest BCUT2D eigenvalue weighted by Crippen LogP contribution is -2.41. The fourth-order valence-corrected chi connectivity index (χ4v) is 2.28. The van der Waals surface area contributed by atoms with Crippen molar-refractivity contribution in [3.63, 3.8) is 0 Å². The van der Waals surface area contributed by atoms with Crippen LogP contribution in [0.5, 0.6) is 0 Å². The Morgan fingerprint density at radius 2 is 1.86 bits per heavy atom. The van der Waals surface area contributed by atoms with Crippen molar-refractivity contribution in [2.45, 2.75) is 19.8 Å². The standard InChI is InChI=1S/C16H22N2O3/c1-2-3-8-17-15(19)13-6-4-5-7-14(13)16(20)18-9-11-21-12-10-18/h4-7H,2-3,8-12H2,1H3,(H,17,19). The predicted molar refractivity (Wildman–Crippen MR) is 80.4 cm³/mol. The zero-order valence-corrected chi connectivity index (χ0v) is 12.4. The van der Waals surface area contributed by atoms with Crippen molar-refractivity contribution in [1.82, 2.24) is 10.2 Å². The number of nitrogens with zero attached hydrogens (tertiary/aromatic N) is 1. The molecule has 5 heteroatoms. The number of carbonyl (C=O) groups excluding carboxylic acids is 2. The third-order valence-corrected chi connectivity index (χ3v) is 3.52. The minimum Gasteiger partial charge on any atom is -0.378 e. The molecule has 0 bridgehead atoms. The third-order valence-electron chi connectivity index (χ3n) is 3.52. The Balaban J connectivity index is 2.12. The highest BCUT2D eigenvalue weighted by atomic mass is 16.5. The molecular formula is C16H22N2O3. The van der Waals surface area contributed by atoms with Crippen molar-refractivity contribution >= 4 is 11.8 Å². The quantitative estimate of drug-likeness (QED) is 0.840. The molecular weight excluding hydrogens is 268 g/mol. The predicted octanol–water partition coefficient (Wildman–Crippen LogP) is 1.69. The van der Waals surface area contributed by atoms with E-state index in [2.05, 4.69) is 12.2 Å². The molecule has 1 saturated heterocycles. The first kappa shape index (κ1) is 15.5. The van der Waals surface area contributed by atoms with E-state index in [0.29, 0.717) is 44.0 Å². The van der Waals surface area contributed by atoms with Crippen molar-refractivity contribution in [2.24, 2.45) is 0 Å². The van der Waals surface area contributed by atoms with Gasteiger partial charge in [0, 0.05) is 19.6 Å². The molecule has 1 aliphatic heterocycles. The van der Waals surface area contributed by atoms with E-state index < -0.39 is 0 Å². The lowest BCUT2D eigenvalue weighted by molar-refractivity contribution is 0.0301. The van der Waals surface area contributed by atoms with Crippen LogP contribution in [0, 0.1) is 0 Å². The SMILES string of the molecule is CCCCNC(=O)c1ccccc1C(=O)N1CCOCC1. The summed E-state index contributed by atoms with van der Waals surface area (Å²) in [6.07, 6.45) is 1.96. The molecule has 1 N–H and O–H groups in total. The van der Waals surface area contributed by atoms with Gasteiger partial charge in [-0.05, 0) is 18.6 Å². The van der Waals surface area contributed by atoms with E-state index >= 15 is 0 Å². The number of nitrogens with one attached hydrogen (secondary N) is 1. The number of carbonyl (C=O) groups is 2. The highest BCUT2D eigenvalue weighted by molar-refractivity contribution is 6.07. The van der Waals surface area contributed by atoms with Gasteiger partial charge in [0.15, 0.2) is 0 Å². The molecule has 21 heavy (non-hydrogen) atoms. The van der Waals surface area contributed by atoms with Crippen LogP contribution in [0.4, 0.5) is 0 Å². The molecule has 0 atom stereocenters. The molecule has 0 aromatic heterocycles. The van der Waals surface area contributed by atoms with Crippen LogP contribution in [0.3, 0.4) is 0 Å². The molecule has 2 rings (SSSR count). The lowest BCUT2D eigenvalue weighted by Gasteiger charge is -2.27. The van der Waals surface area contributed by atoms with Crippen molar-refractivity contribution in [1.29, 1.82) is 0 Å². The fraction of sp³-hybridized carbons (Fsp3) is 0.500. The molecule has 0 aliphatic carbocycles. The molecule has 0 unspecified atom stereocenters. The van der Waals surface area contributed by atoms with Gasteiger partial charge in [-0.2, -0.15) is 0 Å². The summed E-state index contributed by atoms with van der Waals surface area (Å²) in [6.45, 7) is 4.96. The minimum absolute atomic E-state index is 0.0976. The second-order valence-corrected chi connectivity index (χ2v) is 5.06. The Labute approximate surface area is 125 Å². The van der Waals surface area contributed by atoms with Gasteiger partial charge in [0.2, 0.25) is 0 Å². The molecule has 1 fully saturated rings. The molecule has 0 spiro atoms. The van der Waals surface area contributed by atoms with Crippen molar-refractivity contribution < 1.29 is 14.3 Å². The summed E-state index contributed by atoms with van der Waals surface area (Å²) in [5.41, 5.74) is 0.915. The Morgan fingerprint density at radius 1 is 1.19 bits per heavy atom. The Morgan fingerprint density at radius 3 is 2.52 bits per heavy atom. The van der Waals surface area contributed by atoms with Gasteiger partial charge in [-0.1, -0.05) is 25.5 Å². The Hall–Kier alpha value is -1.88. The van der Waals surface area contributed by atoms with Crippen LogP contribution in [0.25, 0.3) is 0 Å². The van der Waals surface area contributed by atoms with Crippen LogP contribution >= 0.6 is 0 Å². The van der Waals surface area contributed by atoms with E-state index in [1.54, 1.807) is 29.2 Å². The van der Waals surface area contributed by atoms with Crippen LogP contribution in [0.2, 0.25) is 0 Å². The van der Waals surface area contributed by atoms with Gasteiger partial charge in [-0.15, -0.1) is 0 Å². The highest BCUT2D eigenvalue weighted by Crippen LogP contribution is 2.13. The van der Waals surface area contributed by atoms with Gasteiger partial charge in [0.25, 0.3) is 11.8 Å². The van der Waals surface area contributed by atoms with Gasteiger partial charge in [-0.3, -0.25) is 9.59 Å². The van der Waals surface area contributed by atoms with E-state index in [1.165, 1.54) is 0 Å². The average molecular weight is 290 g/mol. The molecule has 114 valence electrons. The van der Waals surface area contributed by atoms with Crippen LogP contribution in [-0.4, -0.2) is 49.6 Å². The average Bonchev–Trinajstić information content (AvgIpc) is 2.55. The van der Waals surface area contributed by atoms with E-state index in [9.17, 15) is 9.59 Å². The zero-order valence-electron chi connectivity index (χ0n) is 12.4. The number of ether oxygens (including phenoxy) is 1. The number of morpholine rings is 1. The number of hydrogen-bond acceptors (Lipinski definition) is 3. The maximum absolute atomic E-state index is 12.5. The first-order valence-corrected chi connectivity index (χ1v) is 7.48. The van der Waals surface area contributed by atoms with Gasteiger partial charge >= 0.3 is 0 Å². The maximum Gasteiger partial charge on any atom is 0.254 e. The molecule has 1 aliphatic rings. The van der Waals surface area contributed by atoms with Crippen molar-refractivity contribution in [3.05, 3.63) is 35.4 Å². The van der Waals surface area contributed by atoms with Gasteiger partial charge in [-0.25, -0.2) is 0 Å². The summed E-state index contributed by atoms with van der Waals surface area (Å²) in [4.78, 5) is 26.5. The van der Waals surface area contributed by atoms with Crippen LogP contribution in [-0.2, 0) is 4.74 Å². The molecule has 0 radical (unpaired) electrons. The number of benzene rings is 1. The first-order chi connectivity index (χ1) is 10.2. The molecule has 5 nitrogen and oxygen atoms in total. The number of rotatable bonds is 5. The summed E-state index contributed by atoms with van der Waals surface area (Å²) >= 11 is 0. The molecule has 1 aromatic rings. The number of hydrogen-bond donors (Lipinski definition) is 1. The summed E-state index contributed by atoms with van der Waals surface area (Å²) in [6, 6.07) is 6.99. The second kappa shape index (κ2) is 7.78. The maximum atomic E-state index is 12.5. The van der Waals surface area contributed by atoms with Crippen molar-refractivity contribution in [2.75, 3.05) is 32.8 Å². The molecule has 1 aromatic carbocycles. The second-order valence-electron chi connectivity index (χ2n) is 5.06. The fourth-order valence-electron chi connectivity index (χ4n) is 2.28. The topological polar surface area (TPSA) is 58.6 Å². The minimum atomic E-state index is -0.180. The van der Waals surface area contributed by atoms with Crippen LogP contribution < -0.4 is 5.32 Å². The highest BCUT2D eigenvalue weighted by Gasteiger charge is 2.22. The van der Waals surface area contributed by atoms with Crippen LogP contribution in [0.15, 0.2) is 24.3 Å². The van der Waals surface area contributed by atoms with Gasteiger partial charge < -0.3 is 15.0 Å². The summed E-state index contributed by atoms with van der Waals surface area (Å²) in [5.74, 6) is -0.278. The summed E-state index contributed by atoms with van der Waals surface area (Å²) in [5, 5.41) is 2.86. The molecule has 2 amide bonds. The summed E-state index contributed by atoms with van der Waals surface area (Å²) < 4.78 is 5.26. The monoisotopic (exact) mass is 290 g/mol. The third kappa shape index (κ3) is 4.04. The van der Waals surface area contributed by atoms with E-state index in [-0.39, 0.29) is 11.8 Å². The number of amides is 2. The summed E-state index contributed by atoms with van der Waals surface area (Å²) in [7, 11) is 0.